The average Bonchev–Trinajstić information content (AvgIpc) is 2.84. The van der Waals surface area contributed by atoms with Crippen LogP contribution < -0.4 is 5.32 Å². The van der Waals surface area contributed by atoms with E-state index < -0.39 is 10.9 Å². The van der Waals surface area contributed by atoms with Crippen LogP contribution in [-0.4, -0.2) is 28.6 Å². The summed E-state index contributed by atoms with van der Waals surface area (Å²) in [5.74, 6) is -0.720. The van der Waals surface area contributed by atoms with E-state index in [4.69, 9.17) is 5.11 Å². The molecule has 1 aliphatic heterocycles. The van der Waals surface area contributed by atoms with Gasteiger partial charge in [0.25, 0.3) is 5.69 Å². The van der Waals surface area contributed by atoms with Crippen LogP contribution in [0.4, 0.5) is 5.69 Å². The number of carbonyl (C=O) groups is 1. The van der Waals surface area contributed by atoms with Crippen LogP contribution in [0.25, 0.3) is 0 Å². The number of para-hydroxylation sites is 1. The Balaban J connectivity index is 0.000000171. The van der Waals surface area contributed by atoms with Crippen LogP contribution in [-0.2, 0) is 4.79 Å². The first-order valence-electron chi connectivity index (χ1n) is 5.27. The SMILES string of the molecule is O=C(O)[C@@H]1CCCN1.O=[N+]([O-])c1ccccc1. The van der Waals surface area contributed by atoms with Crippen molar-refractivity contribution in [2.24, 2.45) is 0 Å². The van der Waals surface area contributed by atoms with E-state index in [-0.39, 0.29) is 11.7 Å². The number of aliphatic carboxylic acids is 1. The average molecular weight is 238 g/mol. The van der Waals surface area contributed by atoms with Crippen LogP contribution in [0.2, 0.25) is 0 Å². The largest absolute Gasteiger partial charge is 0.480 e. The van der Waals surface area contributed by atoms with Crippen molar-refractivity contribution in [3.63, 3.8) is 0 Å². The fourth-order valence-electron chi connectivity index (χ4n) is 1.45. The number of carboxylic acids is 1. The molecule has 1 aromatic rings. The second kappa shape index (κ2) is 6.59. The Labute approximate surface area is 98.4 Å². The van der Waals surface area contributed by atoms with E-state index in [1.54, 1.807) is 18.2 Å². The van der Waals surface area contributed by atoms with Gasteiger partial charge in [0.05, 0.1) is 4.92 Å². The van der Waals surface area contributed by atoms with E-state index in [1.807, 2.05) is 0 Å². The number of benzene rings is 1. The highest BCUT2D eigenvalue weighted by atomic mass is 16.6. The molecule has 0 aromatic heterocycles. The lowest BCUT2D eigenvalue weighted by Gasteiger charge is -1.99. The highest BCUT2D eigenvalue weighted by molar-refractivity contribution is 5.73. The fourth-order valence-corrected chi connectivity index (χ4v) is 1.45. The van der Waals surface area contributed by atoms with Crippen LogP contribution in [0.15, 0.2) is 30.3 Å². The summed E-state index contributed by atoms with van der Waals surface area (Å²) in [4.78, 5) is 19.7. The van der Waals surface area contributed by atoms with Crippen LogP contribution >= 0.6 is 0 Å². The first-order valence-corrected chi connectivity index (χ1v) is 5.27. The quantitative estimate of drug-likeness (QED) is 0.600. The minimum absolute atomic E-state index is 0.137. The molecular weight excluding hydrogens is 224 g/mol. The molecule has 0 saturated carbocycles. The molecule has 1 heterocycles. The van der Waals surface area contributed by atoms with E-state index in [1.165, 1.54) is 12.1 Å². The minimum atomic E-state index is -0.720. The molecule has 2 rings (SSSR count). The topological polar surface area (TPSA) is 92.5 Å². The Kier molecular flexibility index (Phi) is 5.09. The molecule has 0 bridgehead atoms. The zero-order valence-corrected chi connectivity index (χ0v) is 9.20. The standard InChI is InChI=1S/C6H5NO2.C5H9NO2/c8-7(9)6-4-2-1-3-5-6;7-5(8)4-2-1-3-6-4/h1-5H;4,6H,1-3H2,(H,7,8)/t;4-/m.0/s1. The predicted molar refractivity (Wildman–Crippen MR) is 61.8 cm³/mol. The molecule has 0 unspecified atom stereocenters. The third-order valence-corrected chi connectivity index (χ3v) is 2.33. The van der Waals surface area contributed by atoms with Gasteiger partial charge in [0.1, 0.15) is 6.04 Å². The number of nitrogens with one attached hydrogen (secondary N) is 1. The lowest BCUT2D eigenvalue weighted by molar-refractivity contribution is -0.384. The summed E-state index contributed by atoms with van der Waals surface area (Å²) in [6.45, 7) is 0.858. The lowest BCUT2D eigenvalue weighted by atomic mass is 10.2. The number of non-ortho nitro benzene ring substituents is 1. The highest BCUT2D eigenvalue weighted by Crippen LogP contribution is 2.06. The number of rotatable bonds is 2. The summed E-state index contributed by atoms with van der Waals surface area (Å²) in [5.41, 5.74) is 0.137. The third kappa shape index (κ3) is 4.60. The summed E-state index contributed by atoms with van der Waals surface area (Å²) >= 11 is 0. The van der Waals surface area contributed by atoms with Crippen molar-refractivity contribution in [1.82, 2.24) is 5.32 Å². The van der Waals surface area contributed by atoms with Crippen molar-refractivity contribution in [3.8, 4) is 0 Å². The lowest BCUT2D eigenvalue weighted by Crippen LogP contribution is -2.29. The maximum atomic E-state index is 10.1. The minimum Gasteiger partial charge on any atom is -0.480 e. The second-order valence-electron chi connectivity index (χ2n) is 3.58. The molecule has 0 radical (unpaired) electrons. The normalized spacial score (nSPS) is 18.0. The fraction of sp³-hybridized carbons (Fsp3) is 0.364. The van der Waals surface area contributed by atoms with Crippen molar-refractivity contribution < 1.29 is 14.8 Å². The van der Waals surface area contributed by atoms with E-state index in [2.05, 4.69) is 5.32 Å². The maximum absolute atomic E-state index is 10.1. The van der Waals surface area contributed by atoms with Gasteiger partial charge in [0.2, 0.25) is 0 Å². The summed E-state index contributed by atoms with van der Waals surface area (Å²) in [7, 11) is 0. The predicted octanol–water partition coefficient (Wildman–Crippen LogP) is 1.42. The number of nitrogens with zero attached hydrogens (tertiary/aromatic N) is 1. The van der Waals surface area contributed by atoms with Crippen molar-refractivity contribution in [1.29, 1.82) is 0 Å². The summed E-state index contributed by atoms with van der Waals surface area (Å²) in [5, 5.41) is 21.2. The van der Waals surface area contributed by atoms with Gasteiger partial charge < -0.3 is 10.4 Å². The monoisotopic (exact) mass is 238 g/mol. The summed E-state index contributed by atoms with van der Waals surface area (Å²) in [6.07, 6.45) is 1.78. The Morgan fingerprint density at radius 1 is 1.41 bits per heavy atom. The van der Waals surface area contributed by atoms with Gasteiger partial charge in [-0.1, -0.05) is 18.2 Å². The molecule has 6 nitrogen and oxygen atoms in total. The van der Waals surface area contributed by atoms with Gasteiger partial charge >= 0.3 is 5.97 Å². The Hall–Kier alpha value is -1.95. The number of hydrogen-bond donors (Lipinski definition) is 2. The number of hydrogen-bond acceptors (Lipinski definition) is 4. The first-order chi connectivity index (χ1) is 8.11. The molecule has 1 fully saturated rings. The van der Waals surface area contributed by atoms with Gasteiger partial charge in [0, 0.05) is 12.1 Å². The number of nitro groups is 1. The molecule has 17 heavy (non-hydrogen) atoms. The Bertz CT molecular complexity index is 374. The van der Waals surface area contributed by atoms with Crippen LogP contribution in [0.5, 0.6) is 0 Å². The van der Waals surface area contributed by atoms with Crippen LogP contribution in [0.1, 0.15) is 12.8 Å². The van der Waals surface area contributed by atoms with Crippen molar-refractivity contribution in [3.05, 3.63) is 40.4 Å². The molecule has 1 aliphatic rings. The Morgan fingerprint density at radius 3 is 2.35 bits per heavy atom. The van der Waals surface area contributed by atoms with E-state index in [0.717, 1.165) is 19.4 Å². The van der Waals surface area contributed by atoms with Crippen LogP contribution in [0.3, 0.4) is 0 Å². The number of nitro benzene ring substituents is 1. The molecule has 0 aliphatic carbocycles. The van der Waals surface area contributed by atoms with Crippen LogP contribution in [0, 0.1) is 10.1 Å². The van der Waals surface area contributed by atoms with Gasteiger partial charge in [-0.25, -0.2) is 0 Å². The molecule has 0 amide bonds. The van der Waals surface area contributed by atoms with Gasteiger partial charge in [-0.15, -0.1) is 0 Å². The molecule has 1 saturated heterocycles. The van der Waals surface area contributed by atoms with E-state index in [0.29, 0.717) is 0 Å². The van der Waals surface area contributed by atoms with Crippen molar-refractivity contribution >= 4 is 11.7 Å². The smallest absolute Gasteiger partial charge is 0.320 e. The summed E-state index contributed by atoms with van der Waals surface area (Å²) < 4.78 is 0. The Morgan fingerprint density at radius 2 is 2.06 bits per heavy atom. The first kappa shape index (κ1) is 13.1. The second-order valence-corrected chi connectivity index (χ2v) is 3.58. The van der Waals surface area contributed by atoms with Gasteiger partial charge in [-0.05, 0) is 19.4 Å². The molecule has 92 valence electrons. The molecule has 6 heteroatoms. The highest BCUT2D eigenvalue weighted by Gasteiger charge is 2.20. The maximum Gasteiger partial charge on any atom is 0.320 e. The zero-order chi connectivity index (χ0) is 12.7. The molecule has 0 spiro atoms. The van der Waals surface area contributed by atoms with E-state index >= 15 is 0 Å². The molecule has 1 atom stereocenters. The van der Waals surface area contributed by atoms with Gasteiger partial charge in [0.15, 0.2) is 0 Å². The van der Waals surface area contributed by atoms with Crippen molar-refractivity contribution in [2.75, 3.05) is 6.54 Å². The van der Waals surface area contributed by atoms with Gasteiger partial charge in [-0.3, -0.25) is 14.9 Å². The van der Waals surface area contributed by atoms with Gasteiger partial charge in [-0.2, -0.15) is 0 Å². The number of carboxylic acid groups (broad SMARTS) is 1. The zero-order valence-electron chi connectivity index (χ0n) is 9.20. The van der Waals surface area contributed by atoms with Crippen molar-refractivity contribution in [2.45, 2.75) is 18.9 Å². The molecular formula is C11H14N2O4. The molecule has 1 aromatic carbocycles. The summed E-state index contributed by atoms with van der Waals surface area (Å²) in [6, 6.07) is 7.67. The van der Waals surface area contributed by atoms with E-state index in [9.17, 15) is 14.9 Å². The third-order valence-electron chi connectivity index (χ3n) is 2.33. The molecule has 2 N–H and O–H groups in total.